The molecule has 0 bridgehead atoms. The number of esters is 4. The Morgan fingerprint density at radius 3 is 0.654 bits per heavy atom. The number of aliphatic hydroxyl groups is 1. The minimum Gasteiger partial charge on any atom is -0.462 e. The number of phosphoric acid groups is 2. The molecule has 3 N–H and O–H groups in total. The topological polar surface area (TPSA) is 237 Å². The molecule has 0 aromatic heterocycles. The van der Waals surface area contributed by atoms with Gasteiger partial charge in [0.1, 0.15) is 19.3 Å². The van der Waals surface area contributed by atoms with Gasteiger partial charge in [-0.05, 0) is 37.5 Å². The molecule has 0 aliphatic heterocycles. The molecule has 0 fully saturated rings. The Morgan fingerprint density at radius 2 is 0.442 bits per heavy atom. The van der Waals surface area contributed by atoms with Crippen LogP contribution in [0.4, 0.5) is 0 Å². The van der Waals surface area contributed by atoms with Crippen molar-refractivity contribution in [3.05, 3.63) is 0 Å². The normalized spacial score (nSPS) is 13.8. The Balaban J connectivity index is 5.22. The van der Waals surface area contributed by atoms with E-state index in [4.69, 9.17) is 37.0 Å². The molecule has 17 nitrogen and oxygen atoms in total. The first-order valence-electron chi connectivity index (χ1n) is 44.0. The Hall–Kier alpha value is -1.94. The summed E-state index contributed by atoms with van der Waals surface area (Å²) >= 11 is 0. The third-order valence-corrected chi connectivity index (χ3v) is 21.9. The van der Waals surface area contributed by atoms with Gasteiger partial charge < -0.3 is 33.8 Å². The zero-order valence-electron chi connectivity index (χ0n) is 68.3. The fourth-order valence-electron chi connectivity index (χ4n) is 13.2. The van der Waals surface area contributed by atoms with Gasteiger partial charge in [-0.2, -0.15) is 0 Å². The van der Waals surface area contributed by atoms with Crippen molar-refractivity contribution in [2.75, 3.05) is 39.6 Å². The fraction of sp³-hybridized carbons (Fsp3) is 0.953. The molecule has 0 rings (SSSR count). The maximum atomic E-state index is 13.1. The van der Waals surface area contributed by atoms with E-state index in [-0.39, 0.29) is 25.7 Å². The molecule has 0 aliphatic carbocycles. The fourth-order valence-corrected chi connectivity index (χ4v) is 14.8. The highest BCUT2D eigenvalue weighted by atomic mass is 31.2. The van der Waals surface area contributed by atoms with Crippen LogP contribution in [0.15, 0.2) is 0 Å². The van der Waals surface area contributed by atoms with Crippen LogP contribution in [0.5, 0.6) is 0 Å². The van der Waals surface area contributed by atoms with E-state index in [1.54, 1.807) is 0 Å². The van der Waals surface area contributed by atoms with Gasteiger partial charge in [-0.3, -0.25) is 37.3 Å². The molecular formula is C85H166O17P2. The second kappa shape index (κ2) is 76.4. The van der Waals surface area contributed by atoms with Gasteiger partial charge in [0.2, 0.25) is 0 Å². The lowest BCUT2D eigenvalue weighted by Gasteiger charge is -2.21. The summed E-state index contributed by atoms with van der Waals surface area (Å²) in [5.41, 5.74) is 0. The number of ether oxygens (including phenoxy) is 4. The Bertz CT molecular complexity index is 1990. The van der Waals surface area contributed by atoms with Gasteiger partial charge in [-0.15, -0.1) is 0 Å². The molecule has 0 aromatic carbocycles. The smallest absolute Gasteiger partial charge is 0.462 e. The van der Waals surface area contributed by atoms with Crippen molar-refractivity contribution in [2.24, 2.45) is 11.8 Å². The van der Waals surface area contributed by atoms with Gasteiger partial charge in [0, 0.05) is 25.7 Å². The predicted octanol–water partition coefficient (Wildman–Crippen LogP) is 25.8. The molecule has 0 spiro atoms. The number of carbonyl (C=O) groups excluding carboxylic acids is 4. The number of hydrogen-bond acceptors (Lipinski definition) is 15. The van der Waals surface area contributed by atoms with E-state index in [1.807, 2.05) is 0 Å². The molecule has 104 heavy (non-hydrogen) atoms. The van der Waals surface area contributed by atoms with Crippen molar-refractivity contribution in [3.8, 4) is 0 Å². The highest BCUT2D eigenvalue weighted by Gasteiger charge is 2.30. The summed E-state index contributed by atoms with van der Waals surface area (Å²) in [7, 11) is -9.93. The summed E-state index contributed by atoms with van der Waals surface area (Å²) in [4.78, 5) is 73.2. The number of hydrogen-bond donors (Lipinski definition) is 3. The Kier molecular flexibility index (Phi) is 75.0. The lowest BCUT2D eigenvalue weighted by molar-refractivity contribution is -0.161. The molecule has 5 atom stereocenters. The number of unbranched alkanes of at least 4 members (excludes halogenated alkanes) is 54. The summed E-state index contributed by atoms with van der Waals surface area (Å²) in [6.07, 6.45) is 68.2. The van der Waals surface area contributed by atoms with E-state index in [1.165, 1.54) is 270 Å². The molecule has 0 amide bonds. The SMILES string of the molecule is CCCCCCCCCCCCCCCCCCCCCCC(=O)OC[C@H](COP(=O)(O)OC[C@@H](O)COP(=O)(O)OC[C@@H](COC(=O)CCCCCCCCCCC(C)C)OC(=O)CCCCCCCCCCCCC(C)C)OC(=O)CCCCCCCCCCCCCCCCCCCCCC. The zero-order valence-corrected chi connectivity index (χ0v) is 70.1. The molecular weight excluding hydrogens is 1350 g/mol. The minimum absolute atomic E-state index is 0.106. The molecule has 618 valence electrons. The van der Waals surface area contributed by atoms with E-state index < -0.39 is 97.5 Å². The molecule has 0 aliphatic rings. The molecule has 0 heterocycles. The van der Waals surface area contributed by atoms with Crippen molar-refractivity contribution in [1.29, 1.82) is 0 Å². The Morgan fingerprint density at radius 1 is 0.260 bits per heavy atom. The van der Waals surface area contributed by atoms with Crippen molar-refractivity contribution in [2.45, 2.75) is 471 Å². The highest BCUT2D eigenvalue weighted by Crippen LogP contribution is 2.45. The van der Waals surface area contributed by atoms with Crippen molar-refractivity contribution >= 4 is 39.5 Å². The van der Waals surface area contributed by atoms with Gasteiger partial charge in [0.05, 0.1) is 26.4 Å². The maximum Gasteiger partial charge on any atom is 0.472 e. The van der Waals surface area contributed by atoms with Gasteiger partial charge in [-0.25, -0.2) is 9.13 Å². The molecule has 0 radical (unpaired) electrons. The first kappa shape index (κ1) is 102. The number of rotatable bonds is 84. The van der Waals surface area contributed by atoms with Gasteiger partial charge in [-0.1, -0.05) is 401 Å². The quantitative estimate of drug-likeness (QED) is 0.0222. The van der Waals surface area contributed by atoms with Crippen LogP contribution in [0.2, 0.25) is 0 Å². The summed E-state index contributed by atoms with van der Waals surface area (Å²) in [6, 6.07) is 0. The van der Waals surface area contributed by atoms with E-state index in [0.717, 1.165) is 102 Å². The second-order valence-electron chi connectivity index (χ2n) is 31.5. The van der Waals surface area contributed by atoms with Crippen LogP contribution >= 0.6 is 15.6 Å². The van der Waals surface area contributed by atoms with Crippen LogP contribution in [-0.4, -0.2) is 96.7 Å². The summed E-state index contributed by atoms with van der Waals surface area (Å²) in [6.45, 7) is 9.61. The largest absolute Gasteiger partial charge is 0.472 e. The van der Waals surface area contributed by atoms with Gasteiger partial charge in [0.15, 0.2) is 12.2 Å². The number of carbonyl (C=O) groups is 4. The van der Waals surface area contributed by atoms with Crippen LogP contribution in [0.1, 0.15) is 452 Å². The third kappa shape index (κ3) is 78.2. The lowest BCUT2D eigenvalue weighted by Crippen LogP contribution is -2.30. The van der Waals surface area contributed by atoms with E-state index in [9.17, 15) is 43.2 Å². The van der Waals surface area contributed by atoms with E-state index in [2.05, 4.69) is 41.5 Å². The summed E-state index contributed by atoms with van der Waals surface area (Å²) in [5.74, 6) is -0.628. The first-order chi connectivity index (χ1) is 50.4. The van der Waals surface area contributed by atoms with Crippen LogP contribution < -0.4 is 0 Å². The monoisotopic (exact) mass is 1520 g/mol. The molecule has 0 aromatic rings. The molecule has 19 heteroatoms. The van der Waals surface area contributed by atoms with Crippen LogP contribution in [0, 0.1) is 11.8 Å². The van der Waals surface area contributed by atoms with Crippen LogP contribution in [0.25, 0.3) is 0 Å². The Labute approximate surface area is 638 Å². The summed E-state index contributed by atoms with van der Waals surface area (Å²) < 4.78 is 68.8. The standard InChI is InChI=1S/C85H166O17P2/c1-7-9-11-13-15-17-19-21-23-25-27-29-31-33-35-37-42-49-55-61-67-82(87)95-73-80(101-84(89)69-63-57-51-43-38-36-34-32-30-28-26-24-22-20-18-16-14-12-10-8-2)75-99-103(91,92)97-71-79(86)72-98-104(93,94)100-76-81(74-96-83(88)68-62-56-50-46-45-48-54-60-66-78(5)6)102-85(90)70-64-58-52-44-40-39-41-47-53-59-65-77(3)4/h77-81,86H,7-76H2,1-6H3,(H,91,92)(H,93,94)/t79-,80-,81-/m1/s1. The van der Waals surface area contributed by atoms with Crippen molar-refractivity contribution < 1.29 is 80.2 Å². The average molecular weight is 1520 g/mol. The van der Waals surface area contributed by atoms with Crippen LogP contribution in [-0.2, 0) is 65.4 Å². The maximum absolute atomic E-state index is 13.1. The first-order valence-corrected chi connectivity index (χ1v) is 47.0. The second-order valence-corrected chi connectivity index (χ2v) is 34.4. The van der Waals surface area contributed by atoms with E-state index in [0.29, 0.717) is 25.7 Å². The lowest BCUT2D eigenvalue weighted by atomic mass is 10.0. The third-order valence-electron chi connectivity index (χ3n) is 20.0. The molecule has 2 unspecified atom stereocenters. The van der Waals surface area contributed by atoms with Crippen molar-refractivity contribution in [3.63, 3.8) is 0 Å². The molecule has 0 saturated carbocycles. The highest BCUT2D eigenvalue weighted by molar-refractivity contribution is 7.47. The van der Waals surface area contributed by atoms with Gasteiger partial charge >= 0.3 is 39.5 Å². The van der Waals surface area contributed by atoms with Gasteiger partial charge in [0.25, 0.3) is 0 Å². The van der Waals surface area contributed by atoms with Crippen LogP contribution in [0.3, 0.4) is 0 Å². The zero-order chi connectivity index (χ0) is 76.4. The summed E-state index contributed by atoms with van der Waals surface area (Å²) in [5, 5.41) is 10.7. The minimum atomic E-state index is -4.97. The average Bonchev–Trinajstić information content (AvgIpc) is 0.919. The number of aliphatic hydroxyl groups excluding tert-OH is 1. The predicted molar refractivity (Wildman–Crippen MR) is 428 cm³/mol. The molecule has 0 saturated heterocycles. The number of phosphoric ester groups is 2. The van der Waals surface area contributed by atoms with Crippen molar-refractivity contribution in [1.82, 2.24) is 0 Å². The van der Waals surface area contributed by atoms with E-state index >= 15 is 0 Å².